The maximum absolute atomic E-state index is 12.1. The molecular weight excluding hydrogens is 366 g/mol. The summed E-state index contributed by atoms with van der Waals surface area (Å²) in [6.45, 7) is 2.83. The van der Waals surface area contributed by atoms with Crippen LogP contribution >= 0.6 is 7.80 Å². The lowest BCUT2D eigenvalue weighted by Gasteiger charge is -2.18. The average molecular weight is 385 g/mol. The molecule has 3 rings (SSSR count). The second-order valence-corrected chi connectivity index (χ2v) is 8.03. The van der Waals surface area contributed by atoms with Crippen LogP contribution in [0.4, 0.5) is 0 Å². The quantitative estimate of drug-likeness (QED) is 0.159. The van der Waals surface area contributed by atoms with Gasteiger partial charge in [-0.1, -0.05) is 103 Å². The van der Waals surface area contributed by atoms with Crippen molar-refractivity contribution in [2.75, 3.05) is 13.1 Å². The molecule has 0 aliphatic heterocycles. The molecule has 1 N–H and O–H groups in total. The number of nitrogens with one attached hydrogen (secondary N) is 1. The summed E-state index contributed by atoms with van der Waals surface area (Å²) in [5.41, 5.74) is 9.92. The first-order valence-electron chi connectivity index (χ1n) is 8.91. The minimum Gasteiger partial charge on any atom is -0.352 e. The third-order valence-electron chi connectivity index (χ3n) is 4.08. The van der Waals surface area contributed by atoms with Crippen molar-refractivity contribution in [2.45, 2.75) is 0 Å². The van der Waals surface area contributed by atoms with Gasteiger partial charge in [0.15, 0.2) is 7.00 Å². The molecule has 0 saturated heterocycles. The zero-order chi connectivity index (χ0) is 19.6. The minimum absolute atomic E-state index is 0.173. The molecule has 0 heterocycles. The average Bonchev–Trinajstić information content (AvgIpc) is 2.76. The number of amides is 1. The molecule has 0 bridgehead atoms. The standard InChI is InChI=1S/C21H19BN4OP/c23-26-25-16-15-24-21(27)17-11-13-18(14-12-17)22-28(19-7-3-1-4-8-19)20-9-5-2-6-10-20/h1-14H,15-16H2,(H,24,27). The molecule has 1 radical (unpaired) electrons. The van der Waals surface area contributed by atoms with Crippen LogP contribution in [0.1, 0.15) is 10.4 Å². The van der Waals surface area contributed by atoms with E-state index in [1.807, 2.05) is 36.4 Å². The topological polar surface area (TPSA) is 77.9 Å². The van der Waals surface area contributed by atoms with Gasteiger partial charge in [0.25, 0.3) is 5.91 Å². The highest BCUT2D eigenvalue weighted by molar-refractivity contribution is 7.98. The first-order chi connectivity index (χ1) is 13.8. The van der Waals surface area contributed by atoms with Gasteiger partial charge in [0, 0.05) is 23.6 Å². The van der Waals surface area contributed by atoms with Crippen molar-refractivity contribution in [3.05, 3.63) is 101 Å². The zero-order valence-electron chi connectivity index (χ0n) is 15.3. The molecule has 3 aromatic rings. The van der Waals surface area contributed by atoms with Gasteiger partial charge in [-0.2, -0.15) is 0 Å². The van der Waals surface area contributed by atoms with Crippen molar-refractivity contribution in [3.63, 3.8) is 0 Å². The Hall–Kier alpha value is -3.07. The van der Waals surface area contributed by atoms with Gasteiger partial charge in [0.1, 0.15) is 0 Å². The number of carbonyl (C=O) groups excluding carboxylic acids is 1. The first kappa shape index (κ1) is 19.7. The second-order valence-electron chi connectivity index (χ2n) is 6.00. The van der Waals surface area contributed by atoms with Crippen LogP contribution in [0.5, 0.6) is 0 Å². The molecule has 7 heteroatoms. The van der Waals surface area contributed by atoms with Gasteiger partial charge in [-0.15, -0.1) is 0 Å². The van der Waals surface area contributed by atoms with Crippen molar-refractivity contribution < 1.29 is 4.79 Å². The maximum Gasteiger partial charge on any atom is 0.251 e. The van der Waals surface area contributed by atoms with Crippen molar-refractivity contribution in [2.24, 2.45) is 5.11 Å². The third-order valence-corrected chi connectivity index (χ3v) is 6.35. The molecule has 137 valence electrons. The molecule has 1 amide bonds. The lowest BCUT2D eigenvalue weighted by Crippen LogP contribution is -2.27. The van der Waals surface area contributed by atoms with Crippen molar-refractivity contribution in [3.8, 4) is 0 Å². The molecule has 0 unspecified atom stereocenters. The van der Waals surface area contributed by atoms with Crippen LogP contribution in [0.15, 0.2) is 90.0 Å². The van der Waals surface area contributed by atoms with E-state index in [9.17, 15) is 4.79 Å². The molecule has 5 nitrogen and oxygen atoms in total. The Bertz CT molecular complexity index is 906. The summed E-state index contributed by atoms with van der Waals surface area (Å²) in [5.74, 6) is -0.173. The highest BCUT2D eigenvalue weighted by Gasteiger charge is 2.16. The SMILES string of the molecule is [N-]=[N+]=NCCNC(=O)c1ccc([B]P(c2ccccc2)c2ccccc2)cc1. The fourth-order valence-electron chi connectivity index (χ4n) is 2.71. The Kier molecular flexibility index (Phi) is 7.25. The monoisotopic (exact) mass is 385 g/mol. The normalized spacial score (nSPS) is 10.2. The van der Waals surface area contributed by atoms with E-state index in [1.165, 1.54) is 10.6 Å². The van der Waals surface area contributed by atoms with Crippen molar-refractivity contribution in [1.29, 1.82) is 0 Å². The van der Waals surface area contributed by atoms with E-state index in [1.54, 1.807) is 0 Å². The Morgan fingerprint density at radius 2 is 1.50 bits per heavy atom. The summed E-state index contributed by atoms with van der Waals surface area (Å²) in [6, 6.07) is 28.5. The number of azide groups is 1. The number of hydrogen-bond donors (Lipinski definition) is 1. The summed E-state index contributed by atoms with van der Waals surface area (Å²) >= 11 is 0. The van der Waals surface area contributed by atoms with Crippen LogP contribution in [0.25, 0.3) is 10.4 Å². The summed E-state index contributed by atoms with van der Waals surface area (Å²) in [5, 5.41) is 8.70. The maximum atomic E-state index is 12.1. The fourth-order valence-corrected chi connectivity index (χ4v) is 4.76. The molecule has 3 aromatic carbocycles. The van der Waals surface area contributed by atoms with Crippen molar-refractivity contribution >= 4 is 36.8 Å². The molecule has 0 aliphatic carbocycles. The first-order valence-corrected chi connectivity index (χ1v) is 10.3. The van der Waals surface area contributed by atoms with Crippen LogP contribution in [0.2, 0.25) is 0 Å². The van der Waals surface area contributed by atoms with Crippen LogP contribution in [0.3, 0.4) is 0 Å². The summed E-state index contributed by atoms with van der Waals surface area (Å²) in [4.78, 5) is 14.8. The molecule has 0 aliphatic rings. The summed E-state index contributed by atoms with van der Waals surface area (Å²) in [6.07, 6.45) is 0. The van der Waals surface area contributed by atoms with Gasteiger partial charge >= 0.3 is 0 Å². The Balaban J connectivity index is 1.73. The number of nitrogens with zero attached hydrogens (tertiary/aromatic N) is 3. The molecular formula is C21H19BN4OP. The van der Waals surface area contributed by atoms with Crippen molar-refractivity contribution in [1.82, 2.24) is 5.32 Å². The van der Waals surface area contributed by atoms with E-state index < -0.39 is 7.80 Å². The lowest BCUT2D eigenvalue weighted by molar-refractivity contribution is 0.0955. The van der Waals surface area contributed by atoms with E-state index in [4.69, 9.17) is 5.53 Å². The molecule has 28 heavy (non-hydrogen) atoms. The number of rotatable bonds is 8. The van der Waals surface area contributed by atoms with E-state index in [0.717, 1.165) is 5.46 Å². The molecule has 0 aromatic heterocycles. The zero-order valence-corrected chi connectivity index (χ0v) is 16.2. The molecule has 0 atom stereocenters. The highest BCUT2D eigenvalue weighted by atomic mass is 31.1. The Labute approximate surface area is 166 Å². The molecule has 0 spiro atoms. The van der Waals surface area contributed by atoms with Crippen LogP contribution in [0, 0.1) is 0 Å². The highest BCUT2D eigenvalue weighted by Crippen LogP contribution is 2.30. The van der Waals surface area contributed by atoms with Gasteiger partial charge in [-0.05, 0) is 16.1 Å². The summed E-state index contributed by atoms with van der Waals surface area (Å²) < 4.78 is 0. The van der Waals surface area contributed by atoms with E-state index >= 15 is 0 Å². The minimum atomic E-state index is -0.638. The van der Waals surface area contributed by atoms with Gasteiger partial charge in [-0.3, -0.25) is 4.79 Å². The number of hydrogen-bond acceptors (Lipinski definition) is 2. The number of benzene rings is 3. The Morgan fingerprint density at radius 1 is 0.929 bits per heavy atom. The van der Waals surface area contributed by atoms with Crippen LogP contribution < -0.4 is 21.4 Å². The fraction of sp³-hybridized carbons (Fsp3) is 0.0952. The van der Waals surface area contributed by atoms with E-state index in [0.29, 0.717) is 12.1 Å². The van der Waals surface area contributed by atoms with Gasteiger partial charge in [0.05, 0.1) is 0 Å². The van der Waals surface area contributed by atoms with E-state index in [-0.39, 0.29) is 12.5 Å². The largest absolute Gasteiger partial charge is 0.352 e. The predicted octanol–water partition coefficient (Wildman–Crippen LogP) is 3.10. The molecule has 0 saturated carbocycles. The predicted molar refractivity (Wildman–Crippen MR) is 117 cm³/mol. The third kappa shape index (κ3) is 5.47. The lowest BCUT2D eigenvalue weighted by atomic mass is 9.93. The van der Waals surface area contributed by atoms with E-state index in [2.05, 4.69) is 70.9 Å². The second kappa shape index (κ2) is 10.3. The van der Waals surface area contributed by atoms with Gasteiger partial charge in [0.2, 0.25) is 0 Å². The van der Waals surface area contributed by atoms with Crippen LogP contribution in [-0.4, -0.2) is 26.0 Å². The summed E-state index contributed by atoms with van der Waals surface area (Å²) in [7, 11) is -0.638. The smallest absolute Gasteiger partial charge is 0.251 e. The number of carbonyl (C=O) groups is 1. The van der Waals surface area contributed by atoms with Gasteiger partial charge in [-0.25, -0.2) is 0 Å². The van der Waals surface area contributed by atoms with Crippen LogP contribution in [-0.2, 0) is 0 Å². The van der Waals surface area contributed by atoms with Gasteiger partial charge < -0.3 is 5.32 Å². The Morgan fingerprint density at radius 3 is 2.04 bits per heavy atom. The molecule has 0 fully saturated rings.